The van der Waals surface area contributed by atoms with Crippen LogP contribution in [0.15, 0.2) is 4.52 Å². The number of aryl methyl sites for hydroxylation is 1. The lowest BCUT2D eigenvalue weighted by Gasteiger charge is -2.32. The molecule has 2 unspecified atom stereocenters. The number of carbonyl (C=O) groups excluding carboxylic acids is 1. The minimum absolute atomic E-state index is 0.339. The summed E-state index contributed by atoms with van der Waals surface area (Å²) in [6, 6.07) is 0.339. The van der Waals surface area contributed by atoms with Gasteiger partial charge in [0.2, 0.25) is 5.89 Å². The van der Waals surface area contributed by atoms with Crippen molar-refractivity contribution in [2.24, 2.45) is 5.92 Å². The monoisotopic (exact) mass is 324 g/mol. The molecular formula is C16H28N4O3. The Balaban J connectivity index is 1.79. The number of aromatic nitrogens is 2. The Bertz CT molecular complexity index is 510. The van der Waals surface area contributed by atoms with Gasteiger partial charge < -0.3 is 19.9 Å². The smallest absolute Gasteiger partial charge is 0.407 e. The van der Waals surface area contributed by atoms with Crippen LogP contribution < -0.4 is 10.6 Å². The average molecular weight is 324 g/mol. The van der Waals surface area contributed by atoms with Gasteiger partial charge in [-0.25, -0.2) is 4.79 Å². The Kier molecular flexibility index (Phi) is 5.98. The third-order valence-electron chi connectivity index (χ3n) is 3.90. The van der Waals surface area contributed by atoms with E-state index in [2.05, 4.69) is 20.8 Å². The number of rotatable bonds is 5. The van der Waals surface area contributed by atoms with E-state index in [0.29, 0.717) is 36.8 Å². The molecule has 2 atom stereocenters. The van der Waals surface area contributed by atoms with Crippen molar-refractivity contribution in [3.05, 3.63) is 11.7 Å². The first-order valence-corrected chi connectivity index (χ1v) is 8.33. The minimum atomic E-state index is -0.468. The zero-order valence-corrected chi connectivity index (χ0v) is 14.5. The Morgan fingerprint density at radius 3 is 2.74 bits per heavy atom. The van der Waals surface area contributed by atoms with Crippen LogP contribution in [0.1, 0.15) is 58.2 Å². The Morgan fingerprint density at radius 1 is 1.35 bits per heavy atom. The fourth-order valence-electron chi connectivity index (χ4n) is 2.88. The Morgan fingerprint density at radius 2 is 2.09 bits per heavy atom. The van der Waals surface area contributed by atoms with Crippen molar-refractivity contribution in [3.63, 3.8) is 0 Å². The molecule has 0 radical (unpaired) electrons. The standard InChI is InChI=1S/C16H28N4O3/c1-11-19-14(23-20-11)10-17-13-8-6-5-7-12(13)9-18-15(21)22-16(2,3)4/h12-13,17H,5-10H2,1-4H3,(H,18,21). The van der Waals surface area contributed by atoms with E-state index in [0.717, 1.165) is 12.8 Å². The normalized spacial score (nSPS) is 21.9. The molecule has 1 aliphatic carbocycles. The zero-order valence-electron chi connectivity index (χ0n) is 14.5. The largest absolute Gasteiger partial charge is 0.444 e. The minimum Gasteiger partial charge on any atom is -0.444 e. The third kappa shape index (κ3) is 6.17. The van der Waals surface area contributed by atoms with E-state index in [1.165, 1.54) is 12.8 Å². The van der Waals surface area contributed by atoms with Crippen LogP contribution in [0.4, 0.5) is 4.79 Å². The van der Waals surface area contributed by atoms with Crippen LogP contribution in [0.2, 0.25) is 0 Å². The second kappa shape index (κ2) is 7.77. The van der Waals surface area contributed by atoms with Gasteiger partial charge in [-0.3, -0.25) is 0 Å². The maximum Gasteiger partial charge on any atom is 0.407 e. The first-order valence-electron chi connectivity index (χ1n) is 8.33. The van der Waals surface area contributed by atoms with Crippen LogP contribution in [0.25, 0.3) is 0 Å². The summed E-state index contributed by atoms with van der Waals surface area (Å²) in [6.45, 7) is 8.59. The summed E-state index contributed by atoms with van der Waals surface area (Å²) in [5.41, 5.74) is -0.468. The van der Waals surface area contributed by atoms with E-state index in [1.807, 2.05) is 20.8 Å². The van der Waals surface area contributed by atoms with Gasteiger partial charge in [-0.2, -0.15) is 4.98 Å². The first-order chi connectivity index (χ1) is 10.8. The van der Waals surface area contributed by atoms with Gasteiger partial charge in [0.25, 0.3) is 0 Å². The highest BCUT2D eigenvalue weighted by Gasteiger charge is 2.26. The predicted octanol–water partition coefficient (Wildman–Crippen LogP) is 2.55. The second-order valence-electron chi connectivity index (χ2n) is 7.15. The van der Waals surface area contributed by atoms with Crippen molar-refractivity contribution in [1.29, 1.82) is 0 Å². The number of hydrogen-bond acceptors (Lipinski definition) is 6. The summed E-state index contributed by atoms with van der Waals surface area (Å²) in [6.07, 6.45) is 4.22. The molecule has 1 amide bonds. The number of alkyl carbamates (subject to hydrolysis) is 1. The molecule has 1 fully saturated rings. The van der Waals surface area contributed by atoms with E-state index in [4.69, 9.17) is 9.26 Å². The van der Waals surface area contributed by atoms with Crippen molar-refractivity contribution in [3.8, 4) is 0 Å². The Hall–Kier alpha value is -1.63. The average Bonchev–Trinajstić information content (AvgIpc) is 2.87. The van der Waals surface area contributed by atoms with E-state index < -0.39 is 5.60 Å². The molecule has 7 heteroatoms. The maximum atomic E-state index is 11.8. The lowest BCUT2D eigenvalue weighted by molar-refractivity contribution is 0.0510. The second-order valence-corrected chi connectivity index (χ2v) is 7.15. The van der Waals surface area contributed by atoms with Gasteiger partial charge in [0.15, 0.2) is 5.82 Å². The van der Waals surface area contributed by atoms with Crippen LogP contribution in [0, 0.1) is 12.8 Å². The van der Waals surface area contributed by atoms with Crippen molar-refractivity contribution < 1.29 is 14.1 Å². The van der Waals surface area contributed by atoms with Crippen molar-refractivity contribution in [2.75, 3.05) is 6.54 Å². The molecule has 1 aromatic heterocycles. The summed E-state index contributed by atoms with van der Waals surface area (Å²) in [5, 5.41) is 10.2. The number of nitrogens with one attached hydrogen (secondary N) is 2. The fraction of sp³-hybridized carbons (Fsp3) is 0.812. The molecule has 1 heterocycles. The van der Waals surface area contributed by atoms with Gasteiger partial charge in [-0.05, 0) is 46.5 Å². The summed E-state index contributed by atoms with van der Waals surface area (Å²) < 4.78 is 10.4. The highest BCUT2D eigenvalue weighted by molar-refractivity contribution is 5.67. The van der Waals surface area contributed by atoms with Crippen LogP contribution in [-0.4, -0.2) is 34.4 Å². The molecule has 7 nitrogen and oxygen atoms in total. The SMILES string of the molecule is Cc1noc(CNC2CCCCC2CNC(=O)OC(C)(C)C)n1. The van der Waals surface area contributed by atoms with Crippen molar-refractivity contribution in [2.45, 2.75) is 71.6 Å². The molecule has 23 heavy (non-hydrogen) atoms. The first kappa shape index (κ1) is 17.7. The summed E-state index contributed by atoms with van der Waals surface area (Å²) >= 11 is 0. The topological polar surface area (TPSA) is 89.3 Å². The van der Waals surface area contributed by atoms with Crippen LogP contribution in [-0.2, 0) is 11.3 Å². The molecule has 1 aromatic rings. The lowest BCUT2D eigenvalue weighted by Crippen LogP contribution is -2.44. The predicted molar refractivity (Wildman–Crippen MR) is 85.9 cm³/mol. The van der Waals surface area contributed by atoms with Crippen LogP contribution in [0.3, 0.4) is 0 Å². The Labute approximate surface area is 137 Å². The fourth-order valence-corrected chi connectivity index (χ4v) is 2.88. The molecule has 1 saturated carbocycles. The highest BCUT2D eigenvalue weighted by atomic mass is 16.6. The summed E-state index contributed by atoms with van der Waals surface area (Å²) in [5.74, 6) is 1.64. The van der Waals surface area contributed by atoms with Gasteiger partial charge in [0, 0.05) is 12.6 Å². The lowest BCUT2D eigenvalue weighted by atomic mass is 9.84. The van der Waals surface area contributed by atoms with E-state index in [1.54, 1.807) is 6.92 Å². The van der Waals surface area contributed by atoms with Gasteiger partial charge >= 0.3 is 6.09 Å². The van der Waals surface area contributed by atoms with Crippen LogP contribution in [0.5, 0.6) is 0 Å². The van der Waals surface area contributed by atoms with E-state index in [-0.39, 0.29) is 6.09 Å². The molecule has 0 spiro atoms. The molecule has 2 rings (SSSR count). The molecule has 130 valence electrons. The molecule has 0 bridgehead atoms. The van der Waals surface area contributed by atoms with E-state index in [9.17, 15) is 4.79 Å². The number of nitrogens with zero attached hydrogens (tertiary/aromatic N) is 2. The van der Waals surface area contributed by atoms with Crippen molar-refractivity contribution >= 4 is 6.09 Å². The number of hydrogen-bond donors (Lipinski definition) is 2. The molecule has 0 saturated heterocycles. The number of amides is 1. The van der Waals surface area contributed by atoms with Crippen molar-refractivity contribution in [1.82, 2.24) is 20.8 Å². The quantitative estimate of drug-likeness (QED) is 0.865. The number of ether oxygens (including phenoxy) is 1. The van der Waals surface area contributed by atoms with Gasteiger partial charge in [0.05, 0.1) is 6.54 Å². The third-order valence-corrected chi connectivity index (χ3v) is 3.90. The zero-order chi connectivity index (χ0) is 16.9. The van der Waals surface area contributed by atoms with E-state index >= 15 is 0 Å². The van der Waals surface area contributed by atoms with Gasteiger partial charge in [-0.15, -0.1) is 0 Å². The molecule has 1 aliphatic rings. The van der Waals surface area contributed by atoms with Gasteiger partial charge in [0.1, 0.15) is 5.60 Å². The van der Waals surface area contributed by atoms with Crippen LogP contribution >= 0.6 is 0 Å². The molecule has 0 aromatic carbocycles. The molecular weight excluding hydrogens is 296 g/mol. The van der Waals surface area contributed by atoms with Gasteiger partial charge in [-0.1, -0.05) is 18.0 Å². The number of carbonyl (C=O) groups is 1. The highest BCUT2D eigenvalue weighted by Crippen LogP contribution is 2.24. The summed E-state index contributed by atoms with van der Waals surface area (Å²) in [7, 11) is 0. The summed E-state index contributed by atoms with van der Waals surface area (Å²) in [4.78, 5) is 16.0. The molecule has 0 aliphatic heterocycles. The maximum absolute atomic E-state index is 11.8. The molecule has 2 N–H and O–H groups in total.